The van der Waals surface area contributed by atoms with Gasteiger partial charge in [-0.3, -0.25) is 4.79 Å². The van der Waals surface area contributed by atoms with Gasteiger partial charge in [-0.05, 0) is 29.7 Å². The minimum Gasteiger partial charge on any atom is -0.465 e. The van der Waals surface area contributed by atoms with Gasteiger partial charge >= 0.3 is 0 Å². The fourth-order valence-corrected chi connectivity index (χ4v) is 2.30. The van der Waals surface area contributed by atoms with Gasteiger partial charge in [0.25, 0.3) is 0 Å². The molecule has 21 heavy (non-hydrogen) atoms. The fraction of sp³-hybridized carbons (Fsp3) is 0.0714. The summed E-state index contributed by atoms with van der Waals surface area (Å²) < 4.78 is 6.78. The quantitative estimate of drug-likeness (QED) is 0.733. The van der Waals surface area contributed by atoms with Crippen LogP contribution in [0.4, 0.5) is 0 Å². The van der Waals surface area contributed by atoms with Gasteiger partial charge in [0.15, 0.2) is 0 Å². The number of thiophene rings is 1. The number of nitrogens with one attached hydrogen (secondary N) is 1. The van der Waals surface area contributed by atoms with E-state index in [0.29, 0.717) is 18.0 Å². The average Bonchev–Trinajstić information content (AvgIpc) is 3.24. The third-order valence-corrected chi connectivity index (χ3v) is 3.37. The molecule has 0 saturated heterocycles. The summed E-state index contributed by atoms with van der Waals surface area (Å²) in [6.45, 7) is 0.325. The summed E-state index contributed by atoms with van der Waals surface area (Å²) in [5.41, 5.74) is 1.66. The van der Waals surface area contributed by atoms with Crippen molar-refractivity contribution in [2.75, 3.05) is 0 Å². The van der Waals surface area contributed by atoms with E-state index in [-0.39, 0.29) is 5.91 Å². The lowest BCUT2D eigenvalue weighted by molar-refractivity contribution is -0.116. The molecule has 0 fully saturated rings. The molecule has 3 aromatic rings. The highest BCUT2D eigenvalue weighted by molar-refractivity contribution is 7.08. The highest BCUT2D eigenvalue weighted by Gasteiger charge is 2.04. The van der Waals surface area contributed by atoms with Crippen molar-refractivity contribution in [1.82, 2.24) is 20.3 Å². The Morgan fingerprint density at radius 2 is 2.43 bits per heavy atom. The highest BCUT2D eigenvalue weighted by atomic mass is 32.1. The summed E-state index contributed by atoms with van der Waals surface area (Å²) in [5, 5.41) is 14.7. The molecule has 0 bridgehead atoms. The zero-order chi connectivity index (χ0) is 14.5. The third kappa shape index (κ3) is 3.46. The molecule has 0 atom stereocenters. The van der Waals surface area contributed by atoms with Crippen molar-refractivity contribution in [2.24, 2.45) is 0 Å². The third-order valence-electron chi connectivity index (χ3n) is 2.70. The number of hydrogen-bond donors (Lipinski definition) is 1. The van der Waals surface area contributed by atoms with E-state index in [1.807, 2.05) is 16.8 Å². The maximum atomic E-state index is 11.7. The molecule has 3 heterocycles. The van der Waals surface area contributed by atoms with Crippen LogP contribution in [-0.2, 0) is 11.3 Å². The summed E-state index contributed by atoms with van der Waals surface area (Å²) in [6.07, 6.45) is 6.37. The minimum absolute atomic E-state index is 0.212. The molecular weight excluding hydrogens is 288 g/mol. The van der Waals surface area contributed by atoms with Crippen molar-refractivity contribution in [3.63, 3.8) is 0 Å². The van der Waals surface area contributed by atoms with Crippen molar-refractivity contribution in [3.8, 4) is 5.69 Å². The Balaban J connectivity index is 1.54. The summed E-state index contributed by atoms with van der Waals surface area (Å²) in [4.78, 5) is 11.7. The summed E-state index contributed by atoms with van der Waals surface area (Å²) in [5.74, 6) is 0.421. The second-order valence-corrected chi connectivity index (χ2v) is 4.98. The molecule has 1 amide bonds. The van der Waals surface area contributed by atoms with Gasteiger partial charge in [-0.1, -0.05) is 5.21 Å². The number of carbonyl (C=O) groups excluding carboxylic acids is 1. The molecule has 3 aromatic heterocycles. The molecule has 106 valence electrons. The molecule has 0 aliphatic heterocycles. The van der Waals surface area contributed by atoms with E-state index in [1.165, 1.54) is 6.08 Å². The lowest BCUT2D eigenvalue weighted by Crippen LogP contribution is -2.20. The van der Waals surface area contributed by atoms with Gasteiger partial charge in [0.2, 0.25) is 5.91 Å². The molecule has 0 saturated carbocycles. The molecule has 0 radical (unpaired) electrons. The first-order valence-electron chi connectivity index (χ1n) is 6.24. The number of hydrogen-bond acceptors (Lipinski definition) is 5. The van der Waals surface area contributed by atoms with Crippen LogP contribution in [-0.4, -0.2) is 20.9 Å². The van der Waals surface area contributed by atoms with Crippen LogP contribution in [0.3, 0.4) is 0 Å². The van der Waals surface area contributed by atoms with E-state index >= 15 is 0 Å². The second kappa shape index (κ2) is 6.19. The standard InChI is InChI=1S/C14H12N4O2S/c19-14(4-3-13-2-1-6-20-13)15-8-11-9-18(17-16-11)12-5-7-21-10-12/h1-7,9-10H,8H2,(H,15,19). The molecular formula is C14H12N4O2S. The Bertz CT molecular complexity index is 729. The molecule has 1 N–H and O–H groups in total. The maximum absolute atomic E-state index is 11.7. The van der Waals surface area contributed by atoms with Crippen molar-refractivity contribution >= 4 is 23.3 Å². The SMILES string of the molecule is O=C(C=Cc1ccco1)NCc1cn(-c2ccsc2)nn1. The van der Waals surface area contributed by atoms with Crippen LogP contribution in [0.2, 0.25) is 0 Å². The van der Waals surface area contributed by atoms with Crippen LogP contribution in [0.15, 0.2) is 51.9 Å². The van der Waals surface area contributed by atoms with Crippen LogP contribution in [0.1, 0.15) is 11.5 Å². The molecule has 0 aliphatic rings. The number of rotatable bonds is 5. The van der Waals surface area contributed by atoms with Gasteiger partial charge in [0, 0.05) is 11.5 Å². The fourth-order valence-electron chi connectivity index (χ4n) is 1.67. The van der Waals surface area contributed by atoms with Crippen LogP contribution >= 0.6 is 11.3 Å². The van der Waals surface area contributed by atoms with Gasteiger partial charge < -0.3 is 9.73 Å². The van der Waals surface area contributed by atoms with Crippen molar-refractivity contribution in [3.05, 3.63) is 58.9 Å². The molecule has 3 rings (SSSR count). The molecule has 0 unspecified atom stereocenters. The average molecular weight is 300 g/mol. The molecule has 7 heteroatoms. The number of aromatic nitrogens is 3. The van der Waals surface area contributed by atoms with Crippen molar-refractivity contribution in [2.45, 2.75) is 6.54 Å². The van der Waals surface area contributed by atoms with Gasteiger partial charge in [-0.2, -0.15) is 11.3 Å². The minimum atomic E-state index is -0.212. The second-order valence-electron chi connectivity index (χ2n) is 4.20. The van der Waals surface area contributed by atoms with E-state index in [9.17, 15) is 4.79 Å². The van der Waals surface area contributed by atoms with Crippen molar-refractivity contribution < 1.29 is 9.21 Å². The zero-order valence-corrected chi connectivity index (χ0v) is 11.8. The Labute approximate surface area is 124 Å². The number of furan rings is 1. The molecule has 0 aliphatic carbocycles. The lowest BCUT2D eigenvalue weighted by atomic mass is 10.3. The Morgan fingerprint density at radius 1 is 1.48 bits per heavy atom. The smallest absolute Gasteiger partial charge is 0.244 e. The van der Waals surface area contributed by atoms with Crippen molar-refractivity contribution in [1.29, 1.82) is 0 Å². The van der Waals surface area contributed by atoms with E-state index in [2.05, 4.69) is 15.6 Å². The van der Waals surface area contributed by atoms with E-state index in [0.717, 1.165) is 5.69 Å². The zero-order valence-electron chi connectivity index (χ0n) is 11.0. The predicted octanol–water partition coefficient (Wildman–Crippen LogP) is 2.25. The monoisotopic (exact) mass is 300 g/mol. The maximum Gasteiger partial charge on any atom is 0.244 e. The van der Waals surface area contributed by atoms with Crippen LogP contribution < -0.4 is 5.32 Å². The van der Waals surface area contributed by atoms with Gasteiger partial charge in [-0.25, -0.2) is 4.68 Å². The van der Waals surface area contributed by atoms with E-state index in [4.69, 9.17) is 4.42 Å². The first kappa shape index (κ1) is 13.3. The number of carbonyl (C=O) groups is 1. The summed E-state index contributed by atoms with van der Waals surface area (Å²) in [7, 11) is 0. The normalized spacial score (nSPS) is 11.0. The largest absolute Gasteiger partial charge is 0.465 e. The first-order valence-corrected chi connectivity index (χ1v) is 7.19. The highest BCUT2D eigenvalue weighted by Crippen LogP contribution is 2.10. The number of amides is 1. The van der Waals surface area contributed by atoms with E-state index in [1.54, 1.807) is 46.7 Å². The topological polar surface area (TPSA) is 73.0 Å². The molecule has 0 spiro atoms. The molecule has 0 aromatic carbocycles. The van der Waals surface area contributed by atoms with Gasteiger partial charge in [0.05, 0.1) is 24.7 Å². The van der Waals surface area contributed by atoms with Gasteiger partial charge in [0.1, 0.15) is 11.5 Å². The Hall–Kier alpha value is -2.67. The van der Waals surface area contributed by atoms with Crippen LogP contribution in [0.25, 0.3) is 11.8 Å². The summed E-state index contributed by atoms with van der Waals surface area (Å²) in [6, 6.07) is 5.49. The number of nitrogens with zero attached hydrogens (tertiary/aromatic N) is 3. The predicted molar refractivity (Wildman–Crippen MR) is 78.8 cm³/mol. The van der Waals surface area contributed by atoms with Gasteiger partial charge in [-0.15, -0.1) is 5.10 Å². The van der Waals surface area contributed by atoms with Crippen LogP contribution in [0, 0.1) is 0 Å². The lowest BCUT2D eigenvalue weighted by Gasteiger charge is -1.97. The first-order chi connectivity index (χ1) is 10.3. The Kier molecular flexibility index (Phi) is 3.92. The summed E-state index contributed by atoms with van der Waals surface area (Å²) >= 11 is 1.59. The van der Waals surface area contributed by atoms with Crippen LogP contribution in [0.5, 0.6) is 0 Å². The van der Waals surface area contributed by atoms with E-state index < -0.39 is 0 Å². The molecule has 6 nitrogen and oxygen atoms in total. The Morgan fingerprint density at radius 3 is 3.19 bits per heavy atom.